The SMILES string of the molecule is CC(C)n1cc(C#N)c(NC(=O)NCCO)n1. The van der Waals surface area contributed by atoms with Gasteiger partial charge in [-0.3, -0.25) is 10.00 Å². The molecule has 17 heavy (non-hydrogen) atoms. The van der Waals surface area contributed by atoms with Crippen molar-refractivity contribution in [3.05, 3.63) is 11.8 Å². The van der Waals surface area contributed by atoms with Crippen LogP contribution in [-0.4, -0.2) is 34.1 Å². The van der Waals surface area contributed by atoms with E-state index in [-0.39, 0.29) is 25.0 Å². The highest BCUT2D eigenvalue weighted by molar-refractivity contribution is 5.89. The molecule has 0 bridgehead atoms. The highest BCUT2D eigenvalue weighted by Crippen LogP contribution is 2.14. The molecule has 0 radical (unpaired) electrons. The fourth-order valence-corrected chi connectivity index (χ4v) is 1.15. The number of carbonyl (C=O) groups excluding carboxylic acids is 1. The van der Waals surface area contributed by atoms with E-state index in [4.69, 9.17) is 10.4 Å². The molecule has 0 aliphatic rings. The lowest BCUT2D eigenvalue weighted by atomic mass is 10.3. The zero-order chi connectivity index (χ0) is 12.8. The van der Waals surface area contributed by atoms with Crippen molar-refractivity contribution in [1.82, 2.24) is 15.1 Å². The van der Waals surface area contributed by atoms with Crippen molar-refractivity contribution in [3.8, 4) is 6.07 Å². The van der Waals surface area contributed by atoms with E-state index >= 15 is 0 Å². The van der Waals surface area contributed by atoms with E-state index in [2.05, 4.69) is 15.7 Å². The number of aliphatic hydroxyl groups is 1. The molecule has 0 aliphatic heterocycles. The lowest BCUT2D eigenvalue weighted by Gasteiger charge is -2.05. The lowest BCUT2D eigenvalue weighted by molar-refractivity contribution is 0.244. The second kappa shape index (κ2) is 5.86. The molecular formula is C10H15N5O2. The Labute approximate surface area is 99.0 Å². The first kappa shape index (κ1) is 13.0. The molecule has 0 fully saturated rings. The third kappa shape index (κ3) is 3.46. The minimum Gasteiger partial charge on any atom is -0.395 e. The zero-order valence-electron chi connectivity index (χ0n) is 9.77. The minimum absolute atomic E-state index is 0.109. The minimum atomic E-state index is -0.496. The van der Waals surface area contributed by atoms with Crippen molar-refractivity contribution in [2.24, 2.45) is 0 Å². The van der Waals surface area contributed by atoms with Gasteiger partial charge in [-0.15, -0.1) is 0 Å². The topological polar surface area (TPSA) is 103 Å². The normalized spacial score (nSPS) is 10.1. The van der Waals surface area contributed by atoms with Gasteiger partial charge < -0.3 is 10.4 Å². The Morgan fingerprint density at radius 2 is 2.41 bits per heavy atom. The highest BCUT2D eigenvalue weighted by Gasteiger charge is 2.12. The molecule has 0 aromatic carbocycles. The van der Waals surface area contributed by atoms with E-state index in [0.29, 0.717) is 5.56 Å². The zero-order valence-corrected chi connectivity index (χ0v) is 9.77. The van der Waals surface area contributed by atoms with Gasteiger partial charge in [0.05, 0.1) is 6.61 Å². The standard InChI is InChI=1S/C10H15N5O2/c1-7(2)15-6-8(5-11)9(14-15)13-10(17)12-3-4-16/h6-7,16H,3-4H2,1-2H3,(H2,12,13,14,17). The van der Waals surface area contributed by atoms with Gasteiger partial charge in [0.25, 0.3) is 0 Å². The molecular weight excluding hydrogens is 222 g/mol. The number of rotatable bonds is 4. The van der Waals surface area contributed by atoms with Gasteiger partial charge in [0.1, 0.15) is 11.6 Å². The third-order valence-corrected chi connectivity index (χ3v) is 2.01. The molecule has 0 atom stereocenters. The Kier molecular flexibility index (Phi) is 4.48. The summed E-state index contributed by atoms with van der Waals surface area (Å²) in [5, 5.41) is 26.4. The summed E-state index contributed by atoms with van der Waals surface area (Å²) >= 11 is 0. The van der Waals surface area contributed by atoms with Crippen molar-refractivity contribution in [3.63, 3.8) is 0 Å². The molecule has 0 spiro atoms. The van der Waals surface area contributed by atoms with Crippen LogP contribution in [-0.2, 0) is 0 Å². The Bertz CT molecular complexity index is 432. The van der Waals surface area contributed by atoms with Crippen LogP contribution in [0.5, 0.6) is 0 Å². The van der Waals surface area contributed by atoms with Crippen LogP contribution in [0.25, 0.3) is 0 Å². The van der Waals surface area contributed by atoms with E-state index in [1.807, 2.05) is 19.9 Å². The number of hydrogen-bond donors (Lipinski definition) is 3. The van der Waals surface area contributed by atoms with E-state index in [1.165, 1.54) is 0 Å². The summed E-state index contributed by atoms with van der Waals surface area (Å²) in [6.45, 7) is 3.85. The molecule has 1 aromatic heterocycles. The van der Waals surface area contributed by atoms with Crippen LogP contribution in [0.15, 0.2) is 6.20 Å². The summed E-state index contributed by atoms with van der Waals surface area (Å²) in [6, 6.07) is 1.57. The quantitative estimate of drug-likeness (QED) is 0.707. The van der Waals surface area contributed by atoms with E-state index in [1.54, 1.807) is 10.9 Å². The number of aromatic nitrogens is 2. The molecule has 2 amide bonds. The van der Waals surface area contributed by atoms with Crippen LogP contribution in [0.2, 0.25) is 0 Å². The van der Waals surface area contributed by atoms with Gasteiger partial charge >= 0.3 is 6.03 Å². The van der Waals surface area contributed by atoms with Gasteiger partial charge in [-0.25, -0.2) is 4.79 Å². The average molecular weight is 237 g/mol. The van der Waals surface area contributed by atoms with Gasteiger partial charge in [-0.2, -0.15) is 10.4 Å². The third-order valence-electron chi connectivity index (χ3n) is 2.01. The molecule has 0 aliphatic carbocycles. The van der Waals surface area contributed by atoms with E-state index < -0.39 is 6.03 Å². The number of anilines is 1. The second-order valence-corrected chi connectivity index (χ2v) is 3.68. The summed E-state index contributed by atoms with van der Waals surface area (Å²) in [6.07, 6.45) is 1.58. The van der Waals surface area contributed by atoms with E-state index in [9.17, 15) is 4.79 Å². The first-order valence-electron chi connectivity index (χ1n) is 5.23. The molecule has 1 rings (SSSR count). The van der Waals surface area contributed by atoms with Crippen LogP contribution in [0.4, 0.5) is 10.6 Å². The van der Waals surface area contributed by atoms with Gasteiger partial charge in [-0.1, -0.05) is 0 Å². The second-order valence-electron chi connectivity index (χ2n) is 3.68. The number of hydrogen-bond acceptors (Lipinski definition) is 4. The molecule has 0 saturated carbocycles. The lowest BCUT2D eigenvalue weighted by Crippen LogP contribution is -2.31. The fraction of sp³-hybridized carbons (Fsp3) is 0.500. The first-order chi connectivity index (χ1) is 8.08. The van der Waals surface area contributed by atoms with Gasteiger partial charge in [0, 0.05) is 18.8 Å². The molecule has 1 aromatic rings. The number of nitriles is 1. The molecule has 0 saturated heterocycles. The highest BCUT2D eigenvalue weighted by atomic mass is 16.3. The van der Waals surface area contributed by atoms with Crippen LogP contribution >= 0.6 is 0 Å². The summed E-state index contributed by atoms with van der Waals surface area (Å²) < 4.78 is 1.60. The van der Waals surface area contributed by atoms with Gasteiger partial charge in [0.2, 0.25) is 0 Å². The maximum Gasteiger partial charge on any atom is 0.320 e. The molecule has 92 valence electrons. The predicted octanol–water partition coefficient (Wildman–Crippen LogP) is 0.449. The van der Waals surface area contributed by atoms with Crippen molar-refractivity contribution in [2.45, 2.75) is 19.9 Å². The summed E-state index contributed by atoms with van der Waals surface area (Å²) in [5.74, 6) is 0.219. The van der Waals surface area contributed by atoms with Crippen molar-refractivity contribution >= 4 is 11.8 Å². The van der Waals surface area contributed by atoms with Crippen LogP contribution < -0.4 is 10.6 Å². The molecule has 7 heteroatoms. The molecule has 1 heterocycles. The molecule has 7 nitrogen and oxygen atoms in total. The summed E-state index contributed by atoms with van der Waals surface area (Å²) in [7, 11) is 0. The number of nitrogens with zero attached hydrogens (tertiary/aromatic N) is 3. The number of carbonyl (C=O) groups is 1. The smallest absolute Gasteiger partial charge is 0.320 e. The number of nitrogens with one attached hydrogen (secondary N) is 2. The van der Waals surface area contributed by atoms with Crippen molar-refractivity contribution < 1.29 is 9.90 Å². The van der Waals surface area contributed by atoms with Crippen molar-refractivity contribution in [1.29, 1.82) is 5.26 Å². The Hall–Kier alpha value is -2.07. The number of urea groups is 1. The van der Waals surface area contributed by atoms with Gasteiger partial charge in [0.15, 0.2) is 5.82 Å². The number of amides is 2. The number of aliphatic hydroxyl groups excluding tert-OH is 1. The van der Waals surface area contributed by atoms with Crippen LogP contribution in [0.1, 0.15) is 25.5 Å². The monoisotopic (exact) mass is 237 g/mol. The average Bonchev–Trinajstić information content (AvgIpc) is 2.69. The first-order valence-corrected chi connectivity index (χ1v) is 5.23. The van der Waals surface area contributed by atoms with Crippen LogP contribution in [0, 0.1) is 11.3 Å². The Balaban J connectivity index is 2.76. The summed E-state index contributed by atoms with van der Waals surface area (Å²) in [4.78, 5) is 11.3. The van der Waals surface area contributed by atoms with Crippen molar-refractivity contribution in [2.75, 3.05) is 18.5 Å². The maximum atomic E-state index is 11.3. The van der Waals surface area contributed by atoms with Gasteiger partial charge in [-0.05, 0) is 13.8 Å². The largest absolute Gasteiger partial charge is 0.395 e. The molecule has 3 N–H and O–H groups in total. The Morgan fingerprint density at radius 3 is 2.94 bits per heavy atom. The fourth-order valence-electron chi connectivity index (χ4n) is 1.15. The van der Waals surface area contributed by atoms with Crippen LogP contribution in [0.3, 0.4) is 0 Å². The molecule has 0 unspecified atom stereocenters. The van der Waals surface area contributed by atoms with E-state index in [0.717, 1.165) is 0 Å². The maximum absolute atomic E-state index is 11.3. The Morgan fingerprint density at radius 1 is 1.71 bits per heavy atom. The summed E-state index contributed by atoms with van der Waals surface area (Å²) in [5.41, 5.74) is 0.304. The predicted molar refractivity (Wildman–Crippen MR) is 61.4 cm³/mol.